The number of oxime groups is 1. The minimum Gasteiger partial charge on any atom is -0.487 e. The van der Waals surface area contributed by atoms with Crippen molar-refractivity contribution in [2.75, 3.05) is 0 Å². The maximum Gasteiger partial charge on any atom is 0.226 e. The quantitative estimate of drug-likeness (QED) is 0.135. The van der Waals surface area contributed by atoms with Gasteiger partial charge in [-0.25, -0.2) is 4.98 Å². The monoisotopic (exact) mass is 497 g/mol. The Morgan fingerprint density at radius 1 is 0.892 bits per heavy atom. The Hall–Kier alpha value is -4.39. The van der Waals surface area contributed by atoms with Crippen LogP contribution >= 0.6 is 0 Å². The maximum absolute atomic E-state index is 11.0. The lowest BCUT2D eigenvalue weighted by Gasteiger charge is -2.08. The number of hydrogen-bond donors (Lipinski definition) is 1. The van der Waals surface area contributed by atoms with E-state index >= 15 is 0 Å². The number of aromatic nitrogens is 1. The molecule has 0 unspecified atom stereocenters. The number of nitrogens with zero attached hydrogens (tertiary/aromatic N) is 2. The molecule has 3 aromatic carbocycles. The second-order valence-electron chi connectivity index (χ2n) is 8.67. The molecule has 0 bridgehead atoms. The van der Waals surface area contributed by atoms with E-state index in [1.165, 1.54) is 0 Å². The van der Waals surface area contributed by atoms with Gasteiger partial charge in [-0.15, -0.1) is 0 Å². The van der Waals surface area contributed by atoms with Crippen LogP contribution in [0.3, 0.4) is 0 Å². The van der Waals surface area contributed by atoms with Gasteiger partial charge in [-0.3, -0.25) is 4.79 Å². The van der Waals surface area contributed by atoms with Crippen LogP contribution in [0.4, 0.5) is 0 Å². The number of carbonyl (C=O) groups excluding carboxylic acids is 1. The molecule has 0 aliphatic rings. The summed E-state index contributed by atoms with van der Waals surface area (Å²) in [6.07, 6.45) is 2.62. The molecular formula is C30H31N3O4. The molecule has 2 N–H and O–H groups in total. The van der Waals surface area contributed by atoms with Crippen LogP contribution in [0.15, 0.2) is 94.5 Å². The molecule has 1 amide bonds. The molecule has 0 aliphatic carbocycles. The molecular weight excluding hydrogens is 466 g/mol. The Balaban J connectivity index is 1.30. The van der Waals surface area contributed by atoms with Gasteiger partial charge >= 0.3 is 0 Å². The van der Waals surface area contributed by atoms with Gasteiger partial charge in [-0.1, -0.05) is 65.8 Å². The molecule has 4 aromatic rings. The van der Waals surface area contributed by atoms with Crippen LogP contribution in [0.2, 0.25) is 0 Å². The fourth-order valence-corrected chi connectivity index (χ4v) is 3.75. The standard InChI is InChI=1S/C30H31N3O4/c1-22-28(32-30(37-22)25-12-6-3-7-13-25)21-35-26-18-16-23(17-19-26)20-36-33-27(14-8-9-15-29(31)34)24-10-4-2-5-11-24/h2-7,10-13,16-19H,8-9,14-15,20-21H2,1H3,(H2,31,34)/b33-27+. The van der Waals surface area contributed by atoms with Gasteiger partial charge in [-0.2, -0.15) is 0 Å². The Kier molecular flexibility index (Phi) is 9.07. The van der Waals surface area contributed by atoms with E-state index in [0.29, 0.717) is 31.9 Å². The molecule has 0 radical (unpaired) electrons. The first-order valence-corrected chi connectivity index (χ1v) is 12.3. The van der Waals surface area contributed by atoms with Gasteiger partial charge in [0.15, 0.2) is 0 Å². The topological polar surface area (TPSA) is 99.9 Å². The van der Waals surface area contributed by atoms with E-state index in [4.69, 9.17) is 19.7 Å². The van der Waals surface area contributed by atoms with Crippen molar-refractivity contribution in [2.45, 2.75) is 45.8 Å². The summed E-state index contributed by atoms with van der Waals surface area (Å²) in [7, 11) is 0. The van der Waals surface area contributed by atoms with Gasteiger partial charge in [0.25, 0.3) is 0 Å². The number of benzene rings is 3. The minimum absolute atomic E-state index is 0.282. The SMILES string of the molecule is Cc1oc(-c2ccccc2)nc1COc1ccc(CO/N=C(\CCCCC(N)=O)c2ccccc2)cc1. The van der Waals surface area contributed by atoms with E-state index in [9.17, 15) is 4.79 Å². The van der Waals surface area contributed by atoms with Crippen molar-refractivity contribution in [1.82, 2.24) is 4.98 Å². The summed E-state index contributed by atoms with van der Waals surface area (Å²) in [5.41, 5.74) is 9.77. The maximum atomic E-state index is 11.0. The van der Waals surface area contributed by atoms with E-state index in [0.717, 1.165) is 52.4 Å². The van der Waals surface area contributed by atoms with E-state index in [1.807, 2.05) is 91.9 Å². The second kappa shape index (κ2) is 13.1. The van der Waals surface area contributed by atoms with Crippen LogP contribution in [0.1, 0.15) is 48.3 Å². The Morgan fingerprint density at radius 2 is 1.57 bits per heavy atom. The lowest BCUT2D eigenvalue weighted by molar-refractivity contribution is -0.118. The van der Waals surface area contributed by atoms with Crippen molar-refractivity contribution < 1.29 is 18.8 Å². The van der Waals surface area contributed by atoms with E-state index in [2.05, 4.69) is 10.1 Å². The van der Waals surface area contributed by atoms with Crippen molar-refractivity contribution in [3.63, 3.8) is 0 Å². The van der Waals surface area contributed by atoms with Crippen molar-refractivity contribution in [1.29, 1.82) is 0 Å². The molecule has 0 atom stereocenters. The smallest absolute Gasteiger partial charge is 0.226 e. The fraction of sp³-hybridized carbons (Fsp3) is 0.233. The summed E-state index contributed by atoms with van der Waals surface area (Å²) in [5.74, 6) is 1.78. The first kappa shape index (κ1) is 25.7. The first-order chi connectivity index (χ1) is 18.1. The van der Waals surface area contributed by atoms with Crippen LogP contribution in [-0.2, 0) is 22.8 Å². The molecule has 0 saturated heterocycles. The summed E-state index contributed by atoms with van der Waals surface area (Å²) in [6, 6.07) is 27.4. The normalized spacial score (nSPS) is 11.3. The summed E-state index contributed by atoms with van der Waals surface area (Å²) >= 11 is 0. The molecule has 1 heterocycles. The molecule has 0 saturated carbocycles. The molecule has 1 aromatic heterocycles. The largest absolute Gasteiger partial charge is 0.487 e. The fourth-order valence-electron chi connectivity index (χ4n) is 3.75. The number of rotatable bonds is 13. The van der Waals surface area contributed by atoms with Crippen molar-refractivity contribution in [2.24, 2.45) is 10.9 Å². The van der Waals surface area contributed by atoms with Gasteiger partial charge in [0.1, 0.15) is 30.4 Å². The van der Waals surface area contributed by atoms with E-state index < -0.39 is 0 Å². The van der Waals surface area contributed by atoms with Crippen LogP contribution in [0, 0.1) is 6.92 Å². The van der Waals surface area contributed by atoms with Crippen molar-refractivity contribution >= 4 is 11.6 Å². The molecule has 0 spiro atoms. The van der Waals surface area contributed by atoms with Crippen LogP contribution in [0.25, 0.3) is 11.5 Å². The number of nitrogens with two attached hydrogens (primary N) is 1. The third kappa shape index (κ3) is 7.80. The molecule has 7 heteroatoms. The average Bonchev–Trinajstić information content (AvgIpc) is 3.30. The molecule has 0 fully saturated rings. The Morgan fingerprint density at radius 3 is 2.27 bits per heavy atom. The predicted octanol–water partition coefficient (Wildman–Crippen LogP) is 6.20. The van der Waals surface area contributed by atoms with Gasteiger partial charge in [-0.05, 0) is 61.6 Å². The number of amides is 1. The highest BCUT2D eigenvalue weighted by Crippen LogP contribution is 2.23. The summed E-state index contributed by atoms with van der Waals surface area (Å²) in [6.45, 7) is 2.54. The van der Waals surface area contributed by atoms with Crippen LogP contribution in [0.5, 0.6) is 5.75 Å². The lowest BCUT2D eigenvalue weighted by atomic mass is 10.0. The zero-order valence-electron chi connectivity index (χ0n) is 20.9. The zero-order chi connectivity index (χ0) is 25.9. The molecule has 0 aliphatic heterocycles. The number of ether oxygens (including phenoxy) is 1. The third-order valence-electron chi connectivity index (χ3n) is 5.81. The lowest BCUT2D eigenvalue weighted by Crippen LogP contribution is -2.10. The van der Waals surface area contributed by atoms with Crippen molar-refractivity contribution in [3.05, 3.63) is 108 Å². The molecule has 190 valence electrons. The number of primary amides is 1. The van der Waals surface area contributed by atoms with Gasteiger partial charge < -0.3 is 19.7 Å². The first-order valence-electron chi connectivity index (χ1n) is 12.3. The molecule has 7 nitrogen and oxygen atoms in total. The highest BCUT2D eigenvalue weighted by atomic mass is 16.6. The number of aryl methyl sites for hydroxylation is 1. The predicted molar refractivity (Wildman–Crippen MR) is 143 cm³/mol. The highest BCUT2D eigenvalue weighted by Gasteiger charge is 2.12. The van der Waals surface area contributed by atoms with E-state index in [1.54, 1.807) is 0 Å². The summed E-state index contributed by atoms with van der Waals surface area (Å²) in [5, 5.41) is 4.39. The second-order valence-corrected chi connectivity index (χ2v) is 8.67. The molecule has 4 rings (SSSR count). The van der Waals surface area contributed by atoms with Gasteiger partial charge in [0, 0.05) is 12.0 Å². The van der Waals surface area contributed by atoms with Crippen molar-refractivity contribution in [3.8, 4) is 17.2 Å². The Bertz CT molecular complexity index is 1300. The number of unbranched alkanes of at least 4 members (excludes halogenated alkanes) is 1. The number of oxazole rings is 1. The zero-order valence-corrected chi connectivity index (χ0v) is 20.9. The van der Waals surface area contributed by atoms with Crippen LogP contribution < -0.4 is 10.5 Å². The van der Waals surface area contributed by atoms with Crippen LogP contribution in [-0.4, -0.2) is 16.6 Å². The van der Waals surface area contributed by atoms with Gasteiger partial charge in [0.05, 0.1) is 5.71 Å². The molecule has 37 heavy (non-hydrogen) atoms. The Labute approximate surface area is 216 Å². The highest BCUT2D eigenvalue weighted by molar-refractivity contribution is 6.00. The number of hydrogen-bond acceptors (Lipinski definition) is 6. The summed E-state index contributed by atoms with van der Waals surface area (Å²) in [4.78, 5) is 21.3. The van der Waals surface area contributed by atoms with Gasteiger partial charge in [0.2, 0.25) is 11.8 Å². The summed E-state index contributed by atoms with van der Waals surface area (Å²) < 4.78 is 11.7. The number of carbonyl (C=O) groups is 1. The minimum atomic E-state index is -0.282. The third-order valence-corrected chi connectivity index (χ3v) is 5.81. The average molecular weight is 498 g/mol. The van der Waals surface area contributed by atoms with E-state index in [-0.39, 0.29) is 5.91 Å².